The molecule has 0 atom stereocenters. The Morgan fingerprint density at radius 1 is 1.05 bits per heavy atom. The number of benzene rings is 1. The summed E-state index contributed by atoms with van der Waals surface area (Å²) in [7, 11) is 0. The van der Waals surface area contributed by atoms with E-state index >= 15 is 0 Å². The van der Waals surface area contributed by atoms with Gasteiger partial charge in [-0.05, 0) is 18.2 Å². The fourth-order valence-electron chi connectivity index (χ4n) is 2.32. The summed E-state index contributed by atoms with van der Waals surface area (Å²) in [6, 6.07) is 10.6. The van der Waals surface area contributed by atoms with Crippen LogP contribution in [0, 0.1) is 5.82 Å². The highest BCUT2D eigenvalue weighted by Crippen LogP contribution is 2.36. The Morgan fingerprint density at radius 3 is 2.86 bits per heavy atom. The predicted octanol–water partition coefficient (Wildman–Crippen LogP) is 3.11. The summed E-state index contributed by atoms with van der Waals surface area (Å²) in [5.74, 6) is -0.0612. The van der Waals surface area contributed by atoms with E-state index in [-0.39, 0.29) is 5.69 Å². The zero-order valence-corrected chi connectivity index (χ0v) is 10.8. The van der Waals surface area contributed by atoms with Crippen LogP contribution in [-0.4, -0.2) is 21.0 Å². The molecule has 2 aromatic heterocycles. The zero-order chi connectivity index (χ0) is 14.2. The molecule has 2 N–H and O–H groups in total. The molecule has 0 fully saturated rings. The van der Waals surface area contributed by atoms with Crippen LogP contribution >= 0.6 is 0 Å². The lowest BCUT2D eigenvalue weighted by Gasteiger charge is -2.10. The van der Waals surface area contributed by atoms with Gasteiger partial charge in [0.05, 0.1) is 11.9 Å². The van der Waals surface area contributed by atoms with E-state index in [9.17, 15) is 4.39 Å². The SMILES string of the molecule is Fc1cccnc1C1=Nc2cn[nH]c2-c2ccccc2N1. The largest absolute Gasteiger partial charge is 0.338 e. The van der Waals surface area contributed by atoms with E-state index in [0.717, 1.165) is 16.9 Å². The van der Waals surface area contributed by atoms with Crippen molar-refractivity contribution in [1.29, 1.82) is 0 Å². The van der Waals surface area contributed by atoms with Crippen molar-refractivity contribution in [3.8, 4) is 11.3 Å². The molecule has 5 nitrogen and oxygen atoms in total. The second-order valence-corrected chi connectivity index (χ2v) is 4.60. The van der Waals surface area contributed by atoms with Gasteiger partial charge >= 0.3 is 0 Å². The van der Waals surface area contributed by atoms with Crippen LogP contribution in [0.5, 0.6) is 0 Å². The van der Waals surface area contributed by atoms with E-state index < -0.39 is 5.82 Å². The molecule has 0 spiro atoms. The molecule has 1 aliphatic rings. The number of anilines is 1. The summed E-state index contributed by atoms with van der Waals surface area (Å²) in [4.78, 5) is 8.53. The monoisotopic (exact) mass is 279 g/mol. The maximum Gasteiger partial charge on any atom is 0.160 e. The van der Waals surface area contributed by atoms with Crippen molar-refractivity contribution in [2.24, 2.45) is 4.99 Å². The second-order valence-electron chi connectivity index (χ2n) is 4.60. The summed E-state index contributed by atoms with van der Waals surface area (Å²) in [5.41, 5.74) is 3.38. The highest BCUT2D eigenvalue weighted by molar-refractivity contribution is 6.12. The first-order valence-corrected chi connectivity index (χ1v) is 6.42. The lowest BCUT2D eigenvalue weighted by Crippen LogP contribution is -2.16. The number of aliphatic imine (C=N–C) groups is 1. The summed E-state index contributed by atoms with van der Waals surface area (Å²) in [5, 5.41) is 10.1. The minimum atomic E-state index is -0.423. The number of fused-ring (bicyclic) bond motifs is 3. The number of hydrogen-bond acceptors (Lipinski definition) is 4. The minimum absolute atomic E-state index is 0.182. The average molecular weight is 279 g/mol. The molecule has 21 heavy (non-hydrogen) atoms. The predicted molar refractivity (Wildman–Crippen MR) is 78.0 cm³/mol. The molecule has 0 amide bonds. The van der Waals surface area contributed by atoms with Gasteiger partial charge in [0.1, 0.15) is 11.4 Å². The van der Waals surface area contributed by atoms with Crippen molar-refractivity contribution < 1.29 is 4.39 Å². The van der Waals surface area contributed by atoms with E-state index in [2.05, 4.69) is 25.5 Å². The lowest BCUT2D eigenvalue weighted by molar-refractivity contribution is 0.618. The first kappa shape index (κ1) is 11.8. The number of nitrogens with one attached hydrogen (secondary N) is 2. The van der Waals surface area contributed by atoms with Crippen molar-refractivity contribution in [3.05, 3.63) is 60.3 Å². The lowest BCUT2D eigenvalue weighted by atomic mass is 10.1. The van der Waals surface area contributed by atoms with Crippen molar-refractivity contribution in [2.75, 3.05) is 5.32 Å². The number of rotatable bonds is 1. The number of hydrogen-bond donors (Lipinski definition) is 2. The fourth-order valence-corrected chi connectivity index (χ4v) is 2.32. The van der Waals surface area contributed by atoms with Gasteiger partial charge in [-0.25, -0.2) is 14.4 Å². The molecule has 4 rings (SSSR count). The van der Waals surface area contributed by atoms with E-state index in [4.69, 9.17) is 0 Å². The molecule has 1 aromatic carbocycles. The zero-order valence-electron chi connectivity index (χ0n) is 10.8. The van der Waals surface area contributed by atoms with Crippen molar-refractivity contribution in [3.63, 3.8) is 0 Å². The maximum absolute atomic E-state index is 14.0. The summed E-state index contributed by atoms with van der Waals surface area (Å²) in [6.07, 6.45) is 3.15. The van der Waals surface area contributed by atoms with Gasteiger partial charge in [-0.3, -0.25) is 5.10 Å². The van der Waals surface area contributed by atoms with Gasteiger partial charge in [0.25, 0.3) is 0 Å². The number of aromatic amines is 1. The molecule has 0 aliphatic carbocycles. The first-order chi connectivity index (χ1) is 10.3. The molecular weight excluding hydrogens is 269 g/mol. The smallest absolute Gasteiger partial charge is 0.160 e. The summed E-state index contributed by atoms with van der Waals surface area (Å²) >= 11 is 0. The fraction of sp³-hybridized carbons (Fsp3) is 0. The Hall–Kier alpha value is -3.02. The van der Waals surface area contributed by atoms with Gasteiger partial charge < -0.3 is 5.32 Å². The Morgan fingerprint density at radius 2 is 1.95 bits per heavy atom. The third kappa shape index (κ3) is 1.88. The molecule has 0 saturated heterocycles. The number of amidine groups is 1. The Kier molecular flexibility index (Phi) is 2.53. The third-order valence-electron chi connectivity index (χ3n) is 3.28. The number of halogens is 1. The molecule has 0 unspecified atom stereocenters. The van der Waals surface area contributed by atoms with Crippen LogP contribution in [0.25, 0.3) is 11.3 Å². The average Bonchev–Trinajstić information content (AvgIpc) is 2.90. The van der Waals surface area contributed by atoms with Gasteiger partial charge in [0.15, 0.2) is 11.7 Å². The topological polar surface area (TPSA) is 66.0 Å². The molecule has 0 bridgehead atoms. The Labute approximate surface area is 119 Å². The molecule has 3 aromatic rings. The quantitative estimate of drug-likeness (QED) is 0.719. The van der Waals surface area contributed by atoms with Crippen molar-refractivity contribution >= 4 is 17.2 Å². The maximum atomic E-state index is 14.0. The van der Waals surface area contributed by atoms with E-state index in [1.807, 2.05) is 24.3 Å². The van der Waals surface area contributed by atoms with Gasteiger partial charge in [-0.1, -0.05) is 18.2 Å². The van der Waals surface area contributed by atoms with Crippen LogP contribution in [0.1, 0.15) is 5.69 Å². The Bertz CT molecular complexity index is 853. The summed E-state index contributed by atoms with van der Waals surface area (Å²) in [6.45, 7) is 0. The minimum Gasteiger partial charge on any atom is -0.338 e. The van der Waals surface area contributed by atoms with Crippen LogP contribution < -0.4 is 5.32 Å². The molecule has 102 valence electrons. The second kappa shape index (κ2) is 4.52. The van der Waals surface area contributed by atoms with Crippen LogP contribution in [0.3, 0.4) is 0 Å². The van der Waals surface area contributed by atoms with Gasteiger partial charge in [0, 0.05) is 17.4 Å². The first-order valence-electron chi connectivity index (χ1n) is 6.42. The number of pyridine rings is 1. The molecule has 0 saturated carbocycles. The van der Waals surface area contributed by atoms with E-state index in [1.165, 1.54) is 12.3 Å². The van der Waals surface area contributed by atoms with E-state index in [1.54, 1.807) is 12.3 Å². The van der Waals surface area contributed by atoms with Crippen molar-refractivity contribution in [2.45, 2.75) is 0 Å². The standard InChI is InChI=1S/C15H10FN5/c16-10-5-3-7-17-14(10)15-19-11-6-2-1-4-9(11)13-12(20-15)8-18-21-13/h1-8H,(H,18,21)(H,19,20). The normalized spacial score (nSPS) is 12.7. The van der Waals surface area contributed by atoms with Crippen LogP contribution in [0.4, 0.5) is 15.8 Å². The van der Waals surface area contributed by atoms with Crippen LogP contribution in [0.15, 0.2) is 53.8 Å². The number of nitrogens with zero attached hydrogens (tertiary/aromatic N) is 3. The number of H-pyrrole nitrogens is 1. The molecule has 6 heteroatoms. The molecule has 3 heterocycles. The van der Waals surface area contributed by atoms with Crippen LogP contribution in [-0.2, 0) is 0 Å². The van der Waals surface area contributed by atoms with Crippen molar-refractivity contribution in [1.82, 2.24) is 15.2 Å². The van der Waals surface area contributed by atoms with Gasteiger partial charge in [0.2, 0.25) is 0 Å². The van der Waals surface area contributed by atoms with Gasteiger partial charge in [-0.15, -0.1) is 0 Å². The number of aromatic nitrogens is 3. The van der Waals surface area contributed by atoms with Crippen LogP contribution in [0.2, 0.25) is 0 Å². The highest BCUT2D eigenvalue weighted by Gasteiger charge is 2.20. The summed E-state index contributed by atoms with van der Waals surface area (Å²) < 4.78 is 14.0. The van der Waals surface area contributed by atoms with E-state index in [0.29, 0.717) is 11.5 Å². The third-order valence-corrected chi connectivity index (χ3v) is 3.28. The molecule has 1 aliphatic heterocycles. The van der Waals surface area contributed by atoms with Gasteiger partial charge in [-0.2, -0.15) is 5.10 Å². The highest BCUT2D eigenvalue weighted by atomic mass is 19.1. The molecule has 0 radical (unpaired) electrons. The Balaban J connectivity index is 1.95. The number of para-hydroxylation sites is 1. The molecular formula is C15H10FN5.